The highest BCUT2D eigenvalue weighted by Gasteiger charge is 2.30. The third-order valence-corrected chi connectivity index (χ3v) is 3.28. The quantitative estimate of drug-likeness (QED) is 0.803. The third kappa shape index (κ3) is 3.33. The van der Waals surface area contributed by atoms with Gasteiger partial charge in [0.2, 0.25) is 0 Å². The predicted octanol–water partition coefficient (Wildman–Crippen LogP) is 3.86. The van der Waals surface area contributed by atoms with Crippen molar-refractivity contribution in [3.05, 3.63) is 56.9 Å². The maximum absolute atomic E-state index is 12.6. The van der Waals surface area contributed by atoms with Crippen LogP contribution >= 0.6 is 22.6 Å². The van der Waals surface area contributed by atoms with E-state index < -0.39 is 17.7 Å². The van der Waals surface area contributed by atoms with Gasteiger partial charge in [-0.15, -0.1) is 0 Å². The van der Waals surface area contributed by atoms with E-state index in [1.54, 1.807) is 6.20 Å². The molecule has 0 fully saturated rings. The first-order chi connectivity index (χ1) is 9.27. The van der Waals surface area contributed by atoms with E-state index in [4.69, 9.17) is 5.11 Å². The maximum Gasteiger partial charge on any atom is 0.416 e. The lowest BCUT2D eigenvalue weighted by Crippen LogP contribution is -2.10. The van der Waals surface area contributed by atoms with E-state index in [2.05, 4.69) is 0 Å². The van der Waals surface area contributed by atoms with E-state index in [0.29, 0.717) is 9.13 Å². The van der Waals surface area contributed by atoms with Gasteiger partial charge in [-0.2, -0.15) is 13.2 Å². The first-order valence-electron chi connectivity index (χ1n) is 5.52. The van der Waals surface area contributed by atoms with Crippen molar-refractivity contribution >= 4 is 28.6 Å². The van der Waals surface area contributed by atoms with Crippen LogP contribution in [0.3, 0.4) is 0 Å². The molecule has 0 amide bonds. The Morgan fingerprint density at radius 2 is 2.00 bits per heavy atom. The van der Waals surface area contributed by atoms with Crippen LogP contribution in [0.5, 0.6) is 0 Å². The van der Waals surface area contributed by atoms with Gasteiger partial charge < -0.3 is 9.67 Å². The van der Waals surface area contributed by atoms with Crippen LogP contribution in [0.15, 0.2) is 36.5 Å². The zero-order valence-electron chi connectivity index (χ0n) is 9.99. The van der Waals surface area contributed by atoms with Crippen molar-refractivity contribution in [2.24, 2.45) is 0 Å². The van der Waals surface area contributed by atoms with Gasteiger partial charge in [0.1, 0.15) is 5.69 Å². The topological polar surface area (TPSA) is 42.2 Å². The van der Waals surface area contributed by atoms with Crippen LogP contribution in [-0.2, 0) is 12.7 Å². The SMILES string of the molecule is O=C(O)c1cc(I)cn1Cc1cccc(C(F)(F)F)c1. The standard InChI is InChI=1S/C13H9F3INO2/c14-13(15,16)9-3-1-2-8(4-9)6-18-7-10(17)5-11(18)12(19)20/h1-5,7H,6H2,(H,19,20). The first kappa shape index (κ1) is 14.9. The van der Waals surface area contributed by atoms with Crippen LogP contribution < -0.4 is 0 Å². The van der Waals surface area contributed by atoms with E-state index in [1.807, 2.05) is 22.6 Å². The summed E-state index contributed by atoms with van der Waals surface area (Å²) in [5.41, 5.74) is -0.296. The zero-order valence-corrected chi connectivity index (χ0v) is 12.1. The minimum absolute atomic E-state index is 0.0480. The summed E-state index contributed by atoms with van der Waals surface area (Å²) in [4.78, 5) is 11.0. The van der Waals surface area contributed by atoms with Crippen LogP contribution in [0.2, 0.25) is 0 Å². The van der Waals surface area contributed by atoms with Crippen LogP contribution in [0.25, 0.3) is 0 Å². The monoisotopic (exact) mass is 395 g/mol. The number of carboxylic acid groups (broad SMARTS) is 1. The number of halogens is 4. The molecule has 1 heterocycles. The summed E-state index contributed by atoms with van der Waals surface area (Å²) in [5, 5.41) is 9.04. The van der Waals surface area contributed by atoms with Gasteiger partial charge in [0.25, 0.3) is 0 Å². The first-order valence-corrected chi connectivity index (χ1v) is 6.60. The summed E-state index contributed by atoms with van der Waals surface area (Å²) >= 11 is 1.96. The molecule has 1 N–H and O–H groups in total. The molecule has 0 bridgehead atoms. The minimum Gasteiger partial charge on any atom is -0.477 e. The molecule has 0 aliphatic rings. The smallest absolute Gasteiger partial charge is 0.416 e. The van der Waals surface area contributed by atoms with Gasteiger partial charge in [-0.3, -0.25) is 0 Å². The largest absolute Gasteiger partial charge is 0.477 e. The Hall–Kier alpha value is -1.51. The van der Waals surface area contributed by atoms with E-state index in [9.17, 15) is 18.0 Å². The van der Waals surface area contributed by atoms with Crippen LogP contribution in [0.1, 0.15) is 21.6 Å². The molecule has 7 heteroatoms. The fourth-order valence-corrected chi connectivity index (χ4v) is 2.46. The number of rotatable bonds is 3. The summed E-state index contributed by atoms with van der Waals surface area (Å²) in [7, 11) is 0. The molecular formula is C13H9F3INO2. The van der Waals surface area contributed by atoms with Gasteiger partial charge in [0.15, 0.2) is 0 Å². The average molecular weight is 395 g/mol. The van der Waals surface area contributed by atoms with Crippen molar-refractivity contribution in [2.75, 3.05) is 0 Å². The van der Waals surface area contributed by atoms with Crippen molar-refractivity contribution in [3.8, 4) is 0 Å². The van der Waals surface area contributed by atoms with Crippen molar-refractivity contribution in [1.82, 2.24) is 4.57 Å². The minimum atomic E-state index is -4.41. The highest BCUT2D eigenvalue weighted by Crippen LogP contribution is 2.29. The number of nitrogens with zero attached hydrogens (tertiary/aromatic N) is 1. The molecular weight excluding hydrogens is 386 g/mol. The Bertz CT molecular complexity index is 649. The number of aromatic carboxylic acids is 1. The van der Waals surface area contributed by atoms with E-state index in [0.717, 1.165) is 12.1 Å². The Morgan fingerprint density at radius 3 is 2.60 bits per heavy atom. The molecule has 3 nitrogen and oxygen atoms in total. The van der Waals surface area contributed by atoms with Gasteiger partial charge >= 0.3 is 12.1 Å². The zero-order chi connectivity index (χ0) is 14.9. The lowest BCUT2D eigenvalue weighted by Gasteiger charge is -2.10. The van der Waals surface area contributed by atoms with Crippen LogP contribution in [0, 0.1) is 3.57 Å². The predicted molar refractivity (Wildman–Crippen MR) is 74.7 cm³/mol. The molecule has 1 aromatic heterocycles. The van der Waals surface area contributed by atoms with Crippen molar-refractivity contribution in [1.29, 1.82) is 0 Å². The van der Waals surface area contributed by atoms with Gasteiger partial charge in [0, 0.05) is 16.3 Å². The average Bonchev–Trinajstić information content (AvgIpc) is 2.69. The van der Waals surface area contributed by atoms with Crippen molar-refractivity contribution < 1.29 is 23.1 Å². The van der Waals surface area contributed by atoms with Gasteiger partial charge in [-0.1, -0.05) is 12.1 Å². The molecule has 0 spiro atoms. The number of carbonyl (C=O) groups is 1. The molecule has 0 saturated heterocycles. The normalized spacial score (nSPS) is 11.6. The summed E-state index contributed by atoms with van der Waals surface area (Å²) in [6.07, 6.45) is -2.82. The molecule has 0 aliphatic heterocycles. The number of alkyl halides is 3. The van der Waals surface area contributed by atoms with Gasteiger partial charge in [0.05, 0.1) is 5.56 Å². The van der Waals surface area contributed by atoms with Gasteiger partial charge in [-0.25, -0.2) is 4.79 Å². The Kier molecular flexibility index (Phi) is 4.07. The lowest BCUT2D eigenvalue weighted by molar-refractivity contribution is -0.137. The number of carboxylic acids is 1. The summed E-state index contributed by atoms with van der Waals surface area (Å²) in [6.45, 7) is 0.0779. The van der Waals surface area contributed by atoms with Crippen molar-refractivity contribution in [2.45, 2.75) is 12.7 Å². The Labute approximate surface area is 126 Å². The molecule has 2 aromatic rings. The Balaban J connectivity index is 2.33. The molecule has 0 atom stereocenters. The highest BCUT2D eigenvalue weighted by molar-refractivity contribution is 14.1. The van der Waals surface area contributed by atoms with Gasteiger partial charge in [-0.05, 0) is 46.4 Å². The molecule has 106 valence electrons. The Morgan fingerprint density at radius 1 is 1.30 bits per heavy atom. The lowest BCUT2D eigenvalue weighted by atomic mass is 10.1. The second kappa shape index (κ2) is 5.47. The number of aromatic nitrogens is 1. The summed E-state index contributed by atoms with van der Waals surface area (Å²) in [5.74, 6) is -1.11. The molecule has 20 heavy (non-hydrogen) atoms. The van der Waals surface area contributed by atoms with Crippen LogP contribution in [0.4, 0.5) is 13.2 Å². The second-order valence-electron chi connectivity index (χ2n) is 4.17. The van der Waals surface area contributed by atoms with E-state index >= 15 is 0 Å². The molecule has 0 radical (unpaired) electrons. The second-order valence-corrected chi connectivity index (χ2v) is 5.42. The fourth-order valence-electron chi connectivity index (χ4n) is 1.83. The van der Waals surface area contributed by atoms with Crippen molar-refractivity contribution in [3.63, 3.8) is 0 Å². The van der Waals surface area contributed by atoms with E-state index in [1.165, 1.54) is 22.8 Å². The molecule has 0 aliphatic carbocycles. The van der Waals surface area contributed by atoms with Crippen LogP contribution in [-0.4, -0.2) is 15.6 Å². The molecule has 1 aromatic carbocycles. The molecule has 2 rings (SSSR count). The number of hydrogen-bond donors (Lipinski definition) is 1. The fraction of sp³-hybridized carbons (Fsp3) is 0.154. The molecule has 0 saturated carbocycles. The molecule has 0 unspecified atom stereocenters. The third-order valence-electron chi connectivity index (χ3n) is 2.69. The summed E-state index contributed by atoms with van der Waals surface area (Å²) in [6, 6.07) is 6.33. The highest BCUT2D eigenvalue weighted by atomic mass is 127. The summed E-state index contributed by atoms with van der Waals surface area (Å²) < 4.78 is 40.0. The van der Waals surface area contributed by atoms with E-state index in [-0.39, 0.29) is 12.2 Å². The number of benzene rings is 1. The number of hydrogen-bond acceptors (Lipinski definition) is 1. The maximum atomic E-state index is 12.6.